The zero-order chi connectivity index (χ0) is 12.8. The first-order valence-corrected chi connectivity index (χ1v) is 5.04. The Hall–Kier alpha value is -1.85. The van der Waals surface area contributed by atoms with Crippen LogP contribution in [-0.2, 0) is 0 Å². The predicted molar refractivity (Wildman–Crippen MR) is 61.9 cm³/mol. The molecular formula is C11H14F2N4. The molecule has 92 valence electrons. The molecule has 1 rings (SSSR count). The number of halogens is 2. The lowest BCUT2D eigenvalue weighted by molar-refractivity contribution is 0.144. The van der Waals surface area contributed by atoms with E-state index in [0.717, 1.165) is 5.57 Å². The highest BCUT2D eigenvalue weighted by Crippen LogP contribution is 2.12. The molecule has 1 unspecified atom stereocenters. The number of rotatable bonds is 4. The molecule has 0 amide bonds. The highest BCUT2D eigenvalue weighted by Gasteiger charge is 2.07. The largest absolute Gasteiger partial charge is 0.282 e. The summed E-state index contributed by atoms with van der Waals surface area (Å²) in [4.78, 5) is 7.90. The molecule has 0 aliphatic carbocycles. The molecule has 0 saturated heterocycles. The summed E-state index contributed by atoms with van der Waals surface area (Å²) in [6.07, 6.45) is -0.973. The van der Waals surface area contributed by atoms with Crippen LogP contribution in [0.3, 0.4) is 0 Å². The van der Waals surface area contributed by atoms with E-state index in [1.54, 1.807) is 6.20 Å². The fourth-order valence-corrected chi connectivity index (χ4v) is 1.12. The van der Waals surface area contributed by atoms with Gasteiger partial charge in [0.1, 0.15) is 11.2 Å². The van der Waals surface area contributed by atoms with E-state index in [4.69, 9.17) is 0 Å². The summed E-state index contributed by atoms with van der Waals surface area (Å²) in [5.74, 6) is 0. The Morgan fingerprint density at radius 1 is 1.53 bits per heavy atom. The number of nitrogens with zero attached hydrogens (tertiary/aromatic N) is 3. The summed E-state index contributed by atoms with van der Waals surface area (Å²) in [6, 6.07) is 2.60. The third-order valence-electron chi connectivity index (χ3n) is 2.22. The van der Waals surface area contributed by atoms with Gasteiger partial charge in [0.2, 0.25) is 0 Å². The van der Waals surface area contributed by atoms with Gasteiger partial charge in [-0.1, -0.05) is 0 Å². The topological polar surface area (TPSA) is 53.4 Å². The van der Waals surface area contributed by atoms with Crippen molar-refractivity contribution in [3.05, 3.63) is 35.1 Å². The summed E-state index contributed by atoms with van der Waals surface area (Å²) in [6.45, 7) is 7.08. The van der Waals surface area contributed by atoms with E-state index in [1.807, 2.05) is 13.8 Å². The molecule has 1 atom stereocenters. The van der Waals surface area contributed by atoms with Crippen LogP contribution < -0.4 is 5.49 Å². The lowest BCUT2D eigenvalue weighted by Gasteiger charge is -2.04. The Labute approximate surface area is 97.8 Å². The maximum atomic E-state index is 12.2. The van der Waals surface area contributed by atoms with Crippen LogP contribution in [0.4, 0.5) is 8.78 Å². The minimum atomic E-state index is -2.58. The first-order valence-electron chi connectivity index (χ1n) is 5.04. The Morgan fingerprint density at radius 2 is 2.24 bits per heavy atom. The molecule has 0 spiro atoms. The maximum absolute atomic E-state index is 12.2. The molecule has 1 N–H and O–H groups in total. The van der Waals surface area contributed by atoms with E-state index in [1.165, 1.54) is 12.1 Å². The average Bonchev–Trinajstić information content (AvgIpc) is 2.30. The van der Waals surface area contributed by atoms with Crippen molar-refractivity contribution in [2.24, 2.45) is 9.98 Å². The summed E-state index contributed by atoms with van der Waals surface area (Å²) in [5, 5.41) is 5.99. The Balaban J connectivity index is 2.93. The van der Waals surface area contributed by atoms with Gasteiger partial charge in [-0.3, -0.25) is 15.1 Å². The van der Waals surface area contributed by atoms with Crippen LogP contribution in [0.5, 0.6) is 0 Å². The van der Waals surface area contributed by atoms with Gasteiger partial charge >= 0.3 is 0 Å². The first-order chi connectivity index (χ1) is 8.04. The smallest absolute Gasteiger partial charge is 0.272 e. The van der Waals surface area contributed by atoms with Crippen molar-refractivity contribution in [2.75, 3.05) is 0 Å². The van der Waals surface area contributed by atoms with E-state index in [-0.39, 0.29) is 11.7 Å². The molecule has 0 bridgehead atoms. The molecule has 6 heteroatoms. The van der Waals surface area contributed by atoms with Crippen LogP contribution in [0.25, 0.3) is 0 Å². The number of nitrogens with one attached hydrogen (secondary N) is 1. The van der Waals surface area contributed by atoms with Gasteiger partial charge in [-0.2, -0.15) is 5.10 Å². The number of alkyl halides is 2. The molecule has 1 aromatic heterocycles. The number of H-pyrrole nitrogens is 1. The lowest BCUT2D eigenvalue weighted by Crippen LogP contribution is -2.15. The predicted octanol–water partition coefficient (Wildman–Crippen LogP) is 2.24. The average molecular weight is 240 g/mol. The fraction of sp³-hybridized carbons (Fsp3) is 0.364. The van der Waals surface area contributed by atoms with Crippen LogP contribution in [0.2, 0.25) is 0 Å². The molecular weight excluding hydrogens is 226 g/mol. The number of hydrogen-bond acceptors (Lipinski definition) is 3. The van der Waals surface area contributed by atoms with Gasteiger partial charge < -0.3 is 0 Å². The number of aromatic nitrogens is 2. The summed E-state index contributed by atoms with van der Waals surface area (Å²) in [7, 11) is 0. The molecule has 4 nitrogen and oxygen atoms in total. The normalized spacial score (nSPS) is 15.1. The second-order valence-corrected chi connectivity index (χ2v) is 3.53. The van der Waals surface area contributed by atoms with E-state index in [9.17, 15) is 8.78 Å². The van der Waals surface area contributed by atoms with Gasteiger partial charge in [0, 0.05) is 6.20 Å². The van der Waals surface area contributed by atoms with Crippen molar-refractivity contribution in [3.63, 3.8) is 0 Å². The lowest BCUT2D eigenvalue weighted by atomic mass is 10.2. The van der Waals surface area contributed by atoms with E-state index in [0.29, 0.717) is 5.49 Å². The second kappa shape index (κ2) is 6.03. The van der Waals surface area contributed by atoms with Crippen molar-refractivity contribution in [1.82, 2.24) is 10.2 Å². The van der Waals surface area contributed by atoms with Crippen molar-refractivity contribution < 1.29 is 8.78 Å². The van der Waals surface area contributed by atoms with E-state index >= 15 is 0 Å². The first kappa shape index (κ1) is 13.2. The van der Waals surface area contributed by atoms with Gasteiger partial charge in [0.15, 0.2) is 0 Å². The highest BCUT2D eigenvalue weighted by atomic mass is 19.3. The minimum absolute atomic E-state index is 0.115. The number of aromatic amines is 1. The van der Waals surface area contributed by atoms with Crippen LogP contribution in [0.1, 0.15) is 26.0 Å². The van der Waals surface area contributed by atoms with Gasteiger partial charge in [-0.25, -0.2) is 8.78 Å². The van der Waals surface area contributed by atoms with Crippen LogP contribution in [0.15, 0.2) is 33.9 Å². The Morgan fingerprint density at radius 3 is 2.71 bits per heavy atom. The van der Waals surface area contributed by atoms with Crippen LogP contribution in [-0.4, -0.2) is 23.0 Å². The molecule has 0 aliphatic heterocycles. The molecule has 0 radical (unpaired) electrons. The third kappa shape index (κ3) is 3.90. The maximum Gasteiger partial charge on any atom is 0.282 e. The molecule has 0 fully saturated rings. The van der Waals surface area contributed by atoms with Crippen molar-refractivity contribution in [2.45, 2.75) is 26.3 Å². The number of aliphatic imine (C=N–C) groups is 1. The third-order valence-corrected chi connectivity index (χ3v) is 2.22. The van der Waals surface area contributed by atoms with Gasteiger partial charge in [-0.15, -0.1) is 0 Å². The summed E-state index contributed by atoms with van der Waals surface area (Å²) >= 11 is 0. The summed E-state index contributed by atoms with van der Waals surface area (Å²) in [5.41, 5.74) is 1.07. The SMILES string of the molecule is C=N/C=C(/C)C(C)/N=c1/ccc(C(F)F)n[nH]1. The molecule has 0 saturated carbocycles. The van der Waals surface area contributed by atoms with E-state index < -0.39 is 6.43 Å². The number of hydrogen-bond donors (Lipinski definition) is 1. The van der Waals surface area contributed by atoms with Gasteiger partial charge in [0.25, 0.3) is 6.43 Å². The zero-order valence-corrected chi connectivity index (χ0v) is 9.69. The monoisotopic (exact) mass is 240 g/mol. The van der Waals surface area contributed by atoms with Crippen molar-refractivity contribution >= 4 is 6.72 Å². The van der Waals surface area contributed by atoms with E-state index in [2.05, 4.69) is 26.9 Å². The molecule has 1 heterocycles. The van der Waals surface area contributed by atoms with Gasteiger partial charge in [-0.05, 0) is 38.3 Å². The quantitative estimate of drug-likeness (QED) is 0.806. The second-order valence-electron chi connectivity index (χ2n) is 3.53. The van der Waals surface area contributed by atoms with Crippen molar-refractivity contribution in [1.29, 1.82) is 0 Å². The summed E-state index contributed by atoms with van der Waals surface area (Å²) < 4.78 is 24.5. The highest BCUT2D eigenvalue weighted by molar-refractivity contribution is 5.27. The van der Waals surface area contributed by atoms with Crippen molar-refractivity contribution in [3.8, 4) is 0 Å². The zero-order valence-electron chi connectivity index (χ0n) is 9.69. The fourth-order valence-electron chi connectivity index (χ4n) is 1.12. The molecule has 1 aromatic rings. The van der Waals surface area contributed by atoms with Crippen LogP contribution in [0, 0.1) is 0 Å². The minimum Gasteiger partial charge on any atom is -0.272 e. The molecule has 17 heavy (non-hydrogen) atoms. The van der Waals surface area contributed by atoms with Crippen LogP contribution >= 0.6 is 0 Å². The Kier molecular flexibility index (Phi) is 4.68. The molecule has 0 aliphatic rings. The Bertz CT molecular complexity index is 456. The standard InChI is InChI=1S/C11H14F2N4/c1-7(6-14-3)8(2)15-10-5-4-9(11(12)13)16-17-10/h4-6,8,11H,3H2,1-2H3,(H,15,17)/b7-6-. The van der Waals surface area contributed by atoms with Gasteiger partial charge in [0.05, 0.1) is 6.04 Å². The molecule has 0 aromatic carbocycles.